The molecule has 7 nitrogen and oxygen atoms in total. The molecule has 27 heavy (non-hydrogen) atoms. The zero-order chi connectivity index (χ0) is 19.6. The summed E-state index contributed by atoms with van der Waals surface area (Å²) in [5.74, 6) is 2.13. The summed E-state index contributed by atoms with van der Waals surface area (Å²) in [4.78, 5) is 20.5. The van der Waals surface area contributed by atoms with E-state index in [2.05, 4.69) is 25.9 Å². The zero-order valence-corrected chi connectivity index (χ0v) is 16.3. The zero-order valence-electron chi connectivity index (χ0n) is 16.3. The van der Waals surface area contributed by atoms with Crippen LogP contribution in [0.2, 0.25) is 0 Å². The molecule has 1 saturated heterocycles. The van der Waals surface area contributed by atoms with Crippen molar-refractivity contribution in [3.05, 3.63) is 36.5 Å². The third kappa shape index (κ3) is 7.52. The van der Waals surface area contributed by atoms with Crippen LogP contribution in [0.1, 0.15) is 40.0 Å². The number of carbonyl (C=O) groups excluding carboxylic acids is 1. The molecule has 0 atom stereocenters. The number of anilines is 3. The largest absolute Gasteiger partial charge is 0.491 e. The third-order valence-electron chi connectivity index (χ3n) is 3.78. The van der Waals surface area contributed by atoms with Crippen LogP contribution in [-0.4, -0.2) is 35.1 Å². The molecular formula is C20H29N5O2. The van der Waals surface area contributed by atoms with Crippen LogP contribution in [0.25, 0.3) is 0 Å². The van der Waals surface area contributed by atoms with Gasteiger partial charge in [-0.3, -0.25) is 4.79 Å². The molecule has 0 unspecified atom stereocenters. The number of carbonyl (C=O) groups is 1. The molecule has 0 aliphatic carbocycles. The molecule has 0 radical (unpaired) electrons. The lowest BCUT2D eigenvalue weighted by Gasteiger charge is -2.27. The number of primary amides is 1. The van der Waals surface area contributed by atoms with Crippen LogP contribution < -0.4 is 20.7 Å². The summed E-state index contributed by atoms with van der Waals surface area (Å²) in [5, 5.41) is 3.27. The van der Waals surface area contributed by atoms with Gasteiger partial charge in [-0.05, 0) is 51.3 Å². The topological polar surface area (TPSA) is 93.4 Å². The van der Waals surface area contributed by atoms with Gasteiger partial charge in [0, 0.05) is 38.0 Å². The van der Waals surface area contributed by atoms with Crippen molar-refractivity contribution in [3.8, 4) is 5.75 Å². The summed E-state index contributed by atoms with van der Waals surface area (Å²) in [6.07, 6.45) is 5.76. The van der Waals surface area contributed by atoms with Crippen LogP contribution in [0, 0.1) is 0 Å². The van der Waals surface area contributed by atoms with E-state index < -0.39 is 0 Å². The number of nitrogens with two attached hydrogens (primary N) is 1. The summed E-state index contributed by atoms with van der Waals surface area (Å²) >= 11 is 0. The molecule has 1 aliphatic rings. The van der Waals surface area contributed by atoms with Crippen LogP contribution in [-0.2, 0) is 4.79 Å². The SMILES string of the molecule is CC(C)Oc1cccc(Nc2nccc(N3CCCCC3)n2)c1.CC(N)=O. The lowest BCUT2D eigenvalue weighted by Crippen LogP contribution is -2.30. The van der Waals surface area contributed by atoms with Gasteiger partial charge in [0.1, 0.15) is 11.6 Å². The van der Waals surface area contributed by atoms with Crippen LogP contribution in [0.5, 0.6) is 5.75 Å². The first-order chi connectivity index (χ1) is 12.9. The van der Waals surface area contributed by atoms with Gasteiger partial charge in [0.2, 0.25) is 11.9 Å². The Morgan fingerprint density at radius 1 is 1.22 bits per heavy atom. The lowest BCUT2D eigenvalue weighted by atomic mass is 10.1. The first-order valence-electron chi connectivity index (χ1n) is 9.32. The highest BCUT2D eigenvalue weighted by Crippen LogP contribution is 2.22. The summed E-state index contributed by atoms with van der Waals surface area (Å²) in [6, 6.07) is 9.86. The fraction of sp³-hybridized carbons (Fsp3) is 0.450. The van der Waals surface area contributed by atoms with Gasteiger partial charge in [-0.25, -0.2) is 4.98 Å². The number of piperidine rings is 1. The molecule has 2 heterocycles. The second-order valence-corrected chi connectivity index (χ2v) is 6.72. The van der Waals surface area contributed by atoms with Gasteiger partial charge >= 0.3 is 0 Å². The average molecular weight is 371 g/mol. The average Bonchev–Trinajstić information content (AvgIpc) is 2.62. The van der Waals surface area contributed by atoms with E-state index in [1.807, 2.05) is 50.4 Å². The van der Waals surface area contributed by atoms with E-state index in [-0.39, 0.29) is 12.0 Å². The maximum Gasteiger partial charge on any atom is 0.229 e. The van der Waals surface area contributed by atoms with Crippen molar-refractivity contribution < 1.29 is 9.53 Å². The number of nitrogens with zero attached hydrogens (tertiary/aromatic N) is 3. The van der Waals surface area contributed by atoms with Gasteiger partial charge in [-0.1, -0.05) is 6.07 Å². The van der Waals surface area contributed by atoms with E-state index in [9.17, 15) is 4.79 Å². The summed E-state index contributed by atoms with van der Waals surface area (Å²) < 4.78 is 5.72. The van der Waals surface area contributed by atoms with Crippen LogP contribution in [0.3, 0.4) is 0 Å². The van der Waals surface area contributed by atoms with Crippen LogP contribution in [0.15, 0.2) is 36.5 Å². The number of nitrogens with one attached hydrogen (secondary N) is 1. The molecule has 0 saturated carbocycles. The number of hydrogen-bond acceptors (Lipinski definition) is 6. The van der Waals surface area contributed by atoms with Gasteiger partial charge in [-0.2, -0.15) is 4.98 Å². The number of amides is 1. The predicted octanol–water partition coefficient (Wildman–Crippen LogP) is 3.49. The molecule has 0 bridgehead atoms. The van der Waals surface area contributed by atoms with E-state index >= 15 is 0 Å². The summed E-state index contributed by atoms with van der Waals surface area (Å²) in [7, 11) is 0. The molecule has 0 spiro atoms. The normalized spacial score (nSPS) is 13.6. The monoisotopic (exact) mass is 371 g/mol. The van der Waals surface area contributed by atoms with Gasteiger partial charge < -0.3 is 20.7 Å². The highest BCUT2D eigenvalue weighted by atomic mass is 16.5. The van der Waals surface area contributed by atoms with E-state index in [4.69, 9.17) is 4.74 Å². The number of hydrogen-bond donors (Lipinski definition) is 2. The van der Waals surface area contributed by atoms with Crippen molar-refractivity contribution >= 4 is 23.4 Å². The predicted molar refractivity (Wildman–Crippen MR) is 108 cm³/mol. The van der Waals surface area contributed by atoms with Crippen molar-refractivity contribution in [2.75, 3.05) is 23.3 Å². The minimum absolute atomic E-state index is 0.156. The molecule has 1 aromatic heterocycles. The molecule has 3 rings (SSSR count). The summed E-state index contributed by atoms with van der Waals surface area (Å²) in [6.45, 7) is 7.50. The Labute approximate surface area is 161 Å². The third-order valence-corrected chi connectivity index (χ3v) is 3.78. The van der Waals surface area contributed by atoms with Crippen LogP contribution >= 0.6 is 0 Å². The Morgan fingerprint density at radius 2 is 1.93 bits per heavy atom. The lowest BCUT2D eigenvalue weighted by molar-refractivity contribution is -0.115. The second kappa shape index (κ2) is 10.4. The number of ether oxygens (including phenoxy) is 1. The molecule has 1 fully saturated rings. The Morgan fingerprint density at radius 3 is 2.59 bits per heavy atom. The van der Waals surface area contributed by atoms with Gasteiger partial charge in [-0.15, -0.1) is 0 Å². The number of rotatable bonds is 5. The highest BCUT2D eigenvalue weighted by Gasteiger charge is 2.12. The Balaban J connectivity index is 0.000000596. The minimum Gasteiger partial charge on any atom is -0.491 e. The maximum atomic E-state index is 9.22. The first kappa shape index (κ1) is 20.5. The fourth-order valence-corrected chi connectivity index (χ4v) is 2.76. The second-order valence-electron chi connectivity index (χ2n) is 6.72. The van der Waals surface area contributed by atoms with Crippen molar-refractivity contribution in [1.29, 1.82) is 0 Å². The molecule has 3 N–H and O–H groups in total. The molecule has 7 heteroatoms. The Kier molecular flexibility index (Phi) is 7.85. The molecule has 1 aliphatic heterocycles. The molecular weight excluding hydrogens is 342 g/mol. The summed E-state index contributed by atoms with van der Waals surface area (Å²) in [5.41, 5.74) is 5.40. The number of benzene rings is 1. The maximum absolute atomic E-state index is 9.22. The van der Waals surface area contributed by atoms with Gasteiger partial charge in [0.25, 0.3) is 0 Å². The van der Waals surface area contributed by atoms with Crippen molar-refractivity contribution in [1.82, 2.24) is 9.97 Å². The first-order valence-corrected chi connectivity index (χ1v) is 9.32. The highest BCUT2D eigenvalue weighted by molar-refractivity contribution is 5.70. The molecule has 1 amide bonds. The number of aromatic nitrogens is 2. The van der Waals surface area contributed by atoms with Crippen molar-refractivity contribution in [2.24, 2.45) is 5.73 Å². The van der Waals surface area contributed by atoms with E-state index in [0.717, 1.165) is 30.3 Å². The van der Waals surface area contributed by atoms with E-state index in [1.54, 1.807) is 0 Å². The van der Waals surface area contributed by atoms with E-state index in [1.165, 1.54) is 26.2 Å². The Bertz CT molecular complexity index is 726. The van der Waals surface area contributed by atoms with Crippen LogP contribution in [0.4, 0.5) is 17.5 Å². The minimum atomic E-state index is -0.333. The fourth-order valence-electron chi connectivity index (χ4n) is 2.76. The van der Waals surface area contributed by atoms with Gasteiger partial charge in [0.15, 0.2) is 0 Å². The van der Waals surface area contributed by atoms with Gasteiger partial charge in [0.05, 0.1) is 6.10 Å². The quantitative estimate of drug-likeness (QED) is 0.836. The molecule has 1 aromatic carbocycles. The van der Waals surface area contributed by atoms with Crippen molar-refractivity contribution in [3.63, 3.8) is 0 Å². The van der Waals surface area contributed by atoms with E-state index in [0.29, 0.717) is 5.95 Å². The standard InChI is InChI=1S/C18H24N4O.C2H5NO/c1-14(2)23-16-8-6-7-15(13-16)20-18-19-10-9-17(21-18)22-11-4-3-5-12-22;1-2(3)4/h6-10,13-14H,3-5,11-12H2,1-2H3,(H,19,20,21);1H3,(H2,3,4). The molecule has 146 valence electrons. The Hall–Kier alpha value is -2.83. The van der Waals surface area contributed by atoms with Crippen molar-refractivity contribution in [2.45, 2.75) is 46.1 Å². The molecule has 2 aromatic rings. The smallest absolute Gasteiger partial charge is 0.229 e.